The number of amides is 1. The predicted molar refractivity (Wildman–Crippen MR) is 92.2 cm³/mol. The van der Waals surface area contributed by atoms with Crippen LogP contribution in [0.25, 0.3) is 0 Å². The summed E-state index contributed by atoms with van der Waals surface area (Å²) in [5.41, 5.74) is 0. The van der Waals surface area contributed by atoms with Crippen LogP contribution in [0.2, 0.25) is 0 Å². The molecular weight excluding hydrogens is 306 g/mol. The van der Waals surface area contributed by atoms with Gasteiger partial charge in [-0.2, -0.15) is 0 Å². The second-order valence-corrected chi connectivity index (χ2v) is 6.50. The molecule has 7 nitrogen and oxygen atoms in total. The molecule has 7 heteroatoms. The molecule has 2 aliphatic heterocycles. The van der Waals surface area contributed by atoms with Crippen molar-refractivity contribution < 1.29 is 9.53 Å². The Kier molecular flexibility index (Phi) is 5.85. The van der Waals surface area contributed by atoms with E-state index in [-0.39, 0.29) is 11.9 Å². The molecule has 0 aliphatic carbocycles. The van der Waals surface area contributed by atoms with Gasteiger partial charge in [0.25, 0.3) is 0 Å². The molecule has 1 aromatic rings. The van der Waals surface area contributed by atoms with Gasteiger partial charge in [-0.05, 0) is 45.1 Å². The van der Waals surface area contributed by atoms with E-state index in [9.17, 15) is 4.79 Å². The maximum absolute atomic E-state index is 12.1. The zero-order valence-corrected chi connectivity index (χ0v) is 14.3. The van der Waals surface area contributed by atoms with Crippen molar-refractivity contribution in [2.75, 3.05) is 37.7 Å². The third-order valence-electron chi connectivity index (χ3n) is 4.70. The number of ether oxygens (including phenoxy) is 1. The number of anilines is 1. The third-order valence-corrected chi connectivity index (χ3v) is 4.70. The number of nitrogens with one attached hydrogen (secondary N) is 2. The fourth-order valence-corrected chi connectivity index (χ4v) is 3.45. The summed E-state index contributed by atoms with van der Waals surface area (Å²) in [7, 11) is 0. The van der Waals surface area contributed by atoms with Crippen LogP contribution >= 0.6 is 0 Å². The van der Waals surface area contributed by atoms with Gasteiger partial charge >= 0.3 is 0 Å². The second-order valence-electron chi connectivity index (χ2n) is 6.50. The highest BCUT2D eigenvalue weighted by molar-refractivity contribution is 5.82. The maximum Gasteiger partial charge on any atom is 0.237 e. The molecule has 3 rings (SSSR count). The van der Waals surface area contributed by atoms with E-state index in [0.717, 1.165) is 57.7 Å². The molecule has 2 aliphatic rings. The molecule has 2 atom stereocenters. The molecule has 24 heavy (non-hydrogen) atoms. The highest BCUT2D eigenvalue weighted by atomic mass is 16.5. The largest absolute Gasteiger partial charge is 0.478 e. The van der Waals surface area contributed by atoms with Gasteiger partial charge in [0.2, 0.25) is 11.8 Å². The summed E-state index contributed by atoms with van der Waals surface area (Å²) in [6.07, 6.45) is 5.83. The Morgan fingerprint density at radius 1 is 1.42 bits per heavy atom. The van der Waals surface area contributed by atoms with Crippen molar-refractivity contribution in [3.05, 3.63) is 12.4 Å². The zero-order chi connectivity index (χ0) is 16.8. The third kappa shape index (κ3) is 4.35. The Morgan fingerprint density at radius 3 is 3.12 bits per heavy atom. The summed E-state index contributed by atoms with van der Waals surface area (Å²) >= 11 is 0. The van der Waals surface area contributed by atoms with E-state index in [1.165, 1.54) is 0 Å². The SMILES string of the molecule is CCOc1cc(N2CCCC(CNC(=O)C3CCCN3)C2)ncn1. The van der Waals surface area contributed by atoms with E-state index >= 15 is 0 Å². The fourth-order valence-electron chi connectivity index (χ4n) is 3.45. The first-order chi connectivity index (χ1) is 11.8. The second kappa shape index (κ2) is 8.28. The quantitative estimate of drug-likeness (QED) is 0.807. The minimum absolute atomic E-state index is 0.000286. The highest BCUT2D eigenvalue weighted by Gasteiger charge is 2.25. The minimum Gasteiger partial charge on any atom is -0.478 e. The van der Waals surface area contributed by atoms with Gasteiger partial charge in [0.15, 0.2) is 0 Å². The Morgan fingerprint density at radius 2 is 2.33 bits per heavy atom. The van der Waals surface area contributed by atoms with Crippen LogP contribution < -0.4 is 20.3 Å². The first kappa shape index (κ1) is 17.0. The van der Waals surface area contributed by atoms with Crippen molar-refractivity contribution in [1.82, 2.24) is 20.6 Å². The number of carbonyl (C=O) groups is 1. The summed E-state index contributed by atoms with van der Waals surface area (Å²) in [4.78, 5) is 22.9. The van der Waals surface area contributed by atoms with Gasteiger partial charge in [-0.15, -0.1) is 0 Å². The van der Waals surface area contributed by atoms with E-state index < -0.39 is 0 Å². The lowest BCUT2D eigenvalue weighted by Crippen LogP contribution is -2.45. The van der Waals surface area contributed by atoms with Gasteiger partial charge in [0, 0.05) is 25.7 Å². The molecule has 2 unspecified atom stereocenters. The van der Waals surface area contributed by atoms with E-state index in [0.29, 0.717) is 18.4 Å². The van der Waals surface area contributed by atoms with Gasteiger partial charge in [0.1, 0.15) is 12.1 Å². The Balaban J connectivity index is 1.52. The molecule has 0 spiro atoms. The molecule has 1 amide bonds. The molecule has 0 aromatic carbocycles. The Labute approximate surface area is 143 Å². The van der Waals surface area contributed by atoms with Crippen LogP contribution in [-0.4, -0.2) is 54.7 Å². The summed E-state index contributed by atoms with van der Waals surface area (Å²) in [6, 6.07) is 1.90. The summed E-state index contributed by atoms with van der Waals surface area (Å²) in [5.74, 6) is 2.12. The Bertz CT molecular complexity index is 548. The first-order valence-corrected chi connectivity index (χ1v) is 8.97. The molecule has 1 aromatic heterocycles. The lowest BCUT2D eigenvalue weighted by Gasteiger charge is -2.33. The van der Waals surface area contributed by atoms with Crippen molar-refractivity contribution in [1.29, 1.82) is 0 Å². The van der Waals surface area contributed by atoms with Crippen molar-refractivity contribution in [3.63, 3.8) is 0 Å². The van der Waals surface area contributed by atoms with Crippen LogP contribution in [0.3, 0.4) is 0 Å². The number of aromatic nitrogens is 2. The number of piperidine rings is 1. The van der Waals surface area contributed by atoms with E-state index in [4.69, 9.17) is 4.74 Å². The average Bonchev–Trinajstić information content (AvgIpc) is 3.15. The molecule has 3 heterocycles. The van der Waals surface area contributed by atoms with Crippen LogP contribution in [0.4, 0.5) is 5.82 Å². The minimum atomic E-state index is 0.000286. The zero-order valence-electron chi connectivity index (χ0n) is 14.3. The molecule has 0 saturated carbocycles. The first-order valence-electron chi connectivity index (χ1n) is 8.97. The summed E-state index contributed by atoms with van der Waals surface area (Å²) in [5, 5.41) is 6.36. The van der Waals surface area contributed by atoms with Crippen LogP contribution in [0, 0.1) is 5.92 Å². The standard InChI is InChI=1S/C17H27N5O2/c1-2-24-16-9-15(20-12-21-16)22-8-4-5-13(11-22)10-19-17(23)14-6-3-7-18-14/h9,12-14,18H,2-8,10-11H2,1H3,(H,19,23). The van der Waals surface area contributed by atoms with Crippen molar-refractivity contribution >= 4 is 11.7 Å². The van der Waals surface area contributed by atoms with Gasteiger partial charge in [-0.25, -0.2) is 9.97 Å². The normalized spacial score (nSPS) is 24.0. The van der Waals surface area contributed by atoms with Crippen LogP contribution in [-0.2, 0) is 4.79 Å². The molecule has 2 saturated heterocycles. The van der Waals surface area contributed by atoms with E-state index in [1.54, 1.807) is 6.33 Å². The Hall–Kier alpha value is -1.89. The molecule has 0 bridgehead atoms. The van der Waals surface area contributed by atoms with Crippen molar-refractivity contribution in [3.8, 4) is 5.88 Å². The summed E-state index contributed by atoms with van der Waals surface area (Å²) < 4.78 is 5.46. The smallest absolute Gasteiger partial charge is 0.237 e. The lowest BCUT2D eigenvalue weighted by atomic mass is 9.98. The molecule has 2 N–H and O–H groups in total. The van der Waals surface area contributed by atoms with Gasteiger partial charge in [0.05, 0.1) is 12.6 Å². The van der Waals surface area contributed by atoms with E-state index in [2.05, 4.69) is 25.5 Å². The van der Waals surface area contributed by atoms with Crippen LogP contribution in [0.5, 0.6) is 5.88 Å². The average molecular weight is 333 g/mol. The van der Waals surface area contributed by atoms with Crippen LogP contribution in [0.1, 0.15) is 32.6 Å². The van der Waals surface area contributed by atoms with Crippen LogP contribution in [0.15, 0.2) is 12.4 Å². The van der Waals surface area contributed by atoms with Gasteiger partial charge in [-0.1, -0.05) is 0 Å². The highest BCUT2D eigenvalue weighted by Crippen LogP contribution is 2.23. The summed E-state index contributed by atoms with van der Waals surface area (Å²) in [6.45, 7) is 6.11. The molecular formula is C17H27N5O2. The monoisotopic (exact) mass is 333 g/mol. The van der Waals surface area contributed by atoms with Gasteiger partial charge < -0.3 is 20.3 Å². The lowest BCUT2D eigenvalue weighted by molar-refractivity contribution is -0.122. The fraction of sp³-hybridized carbons (Fsp3) is 0.706. The molecule has 132 valence electrons. The number of hydrogen-bond donors (Lipinski definition) is 2. The maximum atomic E-state index is 12.1. The molecule has 0 radical (unpaired) electrons. The number of hydrogen-bond acceptors (Lipinski definition) is 6. The van der Waals surface area contributed by atoms with Gasteiger partial charge in [-0.3, -0.25) is 4.79 Å². The van der Waals surface area contributed by atoms with Crippen molar-refractivity contribution in [2.24, 2.45) is 5.92 Å². The predicted octanol–water partition coefficient (Wildman–Crippen LogP) is 0.960. The van der Waals surface area contributed by atoms with E-state index in [1.807, 2.05) is 13.0 Å². The van der Waals surface area contributed by atoms with Crippen molar-refractivity contribution in [2.45, 2.75) is 38.6 Å². The topological polar surface area (TPSA) is 79.4 Å². The number of rotatable bonds is 6. The number of carbonyl (C=O) groups excluding carboxylic acids is 1. The molecule has 2 fully saturated rings. The number of nitrogens with zero attached hydrogens (tertiary/aromatic N) is 3.